The fourth-order valence-electron chi connectivity index (χ4n) is 3.57. The van der Waals surface area contributed by atoms with Gasteiger partial charge in [0.15, 0.2) is 0 Å². The average Bonchev–Trinajstić information content (AvgIpc) is 2.58. The molecule has 1 N–H and O–H groups in total. The van der Waals surface area contributed by atoms with Crippen LogP contribution in [0.4, 0.5) is 0 Å². The molecule has 1 aliphatic rings. The number of aliphatic hydroxyl groups is 1. The predicted octanol–water partition coefficient (Wildman–Crippen LogP) is 2.86. The standard InChI is InChI=1S/C21H29N3O/c1-16-6-7-19(18(3)13-16)21(25)15-24-11-9-23(10-12-24)14-20-17(2)5-4-8-22-20/h4-8,13,21,25H,9-12,14-15H2,1-3H3. The minimum Gasteiger partial charge on any atom is -0.387 e. The summed E-state index contributed by atoms with van der Waals surface area (Å²) in [5, 5.41) is 10.6. The van der Waals surface area contributed by atoms with E-state index in [1.807, 2.05) is 12.3 Å². The Morgan fingerprint density at radius 1 is 1.00 bits per heavy atom. The Hall–Kier alpha value is -1.75. The molecule has 1 aromatic heterocycles. The maximum Gasteiger partial charge on any atom is 0.0919 e. The van der Waals surface area contributed by atoms with Crippen molar-refractivity contribution in [1.29, 1.82) is 0 Å². The molecule has 0 amide bonds. The minimum absolute atomic E-state index is 0.412. The molecule has 1 saturated heterocycles. The van der Waals surface area contributed by atoms with E-state index in [0.717, 1.165) is 38.3 Å². The fraction of sp³-hybridized carbons (Fsp3) is 0.476. The van der Waals surface area contributed by atoms with Crippen molar-refractivity contribution in [2.45, 2.75) is 33.4 Å². The van der Waals surface area contributed by atoms with Gasteiger partial charge in [-0.3, -0.25) is 14.8 Å². The number of rotatable bonds is 5. The lowest BCUT2D eigenvalue weighted by molar-refractivity contribution is 0.0693. The van der Waals surface area contributed by atoms with Gasteiger partial charge in [0, 0.05) is 45.5 Å². The van der Waals surface area contributed by atoms with Gasteiger partial charge in [-0.25, -0.2) is 0 Å². The molecule has 1 unspecified atom stereocenters. The van der Waals surface area contributed by atoms with E-state index in [-0.39, 0.29) is 0 Å². The third-order valence-electron chi connectivity index (χ3n) is 5.17. The molecule has 0 saturated carbocycles. The van der Waals surface area contributed by atoms with Crippen LogP contribution in [0.5, 0.6) is 0 Å². The van der Waals surface area contributed by atoms with Gasteiger partial charge in [0.2, 0.25) is 0 Å². The molecule has 1 fully saturated rings. The molecule has 1 atom stereocenters. The number of β-amino-alcohol motifs (C(OH)–C–C–N with tert-alkyl or cyclic N) is 1. The SMILES string of the molecule is Cc1ccc(C(O)CN2CCN(Cc3ncccc3C)CC2)c(C)c1. The van der Waals surface area contributed by atoms with Crippen LogP contribution < -0.4 is 0 Å². The van der Waals surface area contributed by atoms with E-state index in [1.54, 1.807) is 0 Å². The van der Waals surface area contributed by atoms with Gasteiger partial charge < -0.3 is 5.11 Å². The first-order chi connectivity index (χ1) is 12.0. The lowest BCUT2D eigenvalue weighted by Crippen LogP contribution is -2.47. The van der Waals surface area contributed by atoms with Gasteiger partial charge in [0.1, 0.15) is 0 Å². The van der Waals surface area contributed by atoms with Crippen molar-refractivity contribution in [3.05, 3.63) is 64.5 Å². The number of nitrogens with zero attached hydrogens (tertiary/aromatic N) is 3. The van der Waals surface area contributed by atoms with Gasteiger partial charge in [0.05, 0.1) is 11.8 Å². The van der Waals surface area contributed by atoms with E-state index in [2.05, 4.69) is 59.8 Å². The second kappa shape index (κ2) is 8.09. The summed E-state index contributed by atoms with van der Waals surface area (Å²) in [4.78, 5) is 9.32. The molecule has 0 spiro atoms. The molecule has 0 aliphatic carbocycles. The van der Waals surface area contributed by atoms with Crippen LogP contribution in [0.25, 0.3) is 0 Å². The topological polar surface area (TPSA) is 39.6 Å². The van der Waals surface area contributed by atoms with Crippen LogP contribution >= 0.6 is 0 Å². The Labute approximate surface area is 151 Å². The Morgan fingerprint density at radius 3 is 2.40 bits per heavy atom. The first-order valence-electron chi connectivity index (χ1n) is 9.13. The van der Waals surface area contributed by atoms with E-state index in [1.165, 1.54) is 22.4 Å². The number of pyridine rings is 1. The van der Waals surface area contributed by atoms with Gasteiger partial charge in [-0.05, 0) is 43.5 Å². The van der Waals surface area contributed by atoms with Crippen LogP contribution in [-0.4, -0.2) is 52.6 Å². The van der Waals surface area contributed by atoms with Gasteiger partial charge >= 0.3 is 0 Å². The number of benzene rings is 1. The summed E-state index contributed by atoms with van der Waals surface area (Å²) < 4.78 is 0. The van der Waals surface area contributed by atoms with E-state index in [0.29, 0.717) is 6.54 Å². The Balaban J connectivity index is 1.51. The number of aryl methyl sites for hydroxylation is 3. The van der Waals surface area contributed by atoms with Crippen LogP contribution in [0.1, 0.15) is 34.1 Å². The average molecular weight is 339 g/mol. The quantitative estimate of drug-likeness (QED) is 0.909. The molecule has 3 rings (SSSR count). The van der Waals surface area contributed by atoms with E-state index in [9.17, 15) is 5.11 Å². The third-order valence-corrected chi connectivity index (χ3v) is 5.17. The highest BCUT2D eigenvalue weighted by Crippen LogP contribution is 2.21. The highest BCUT2D eigenvalue weighted by atomic mass is 16.3. The van der Waals surface area contributed by atoms with Crippen LogP contribution in [-0.2, 0) is 6.54 Å². The largest absolute Gasteiger partial charge is 0.387 e. The molecule has 1 aromatic carbocycles. The summed E-state index contributed by atoms with van der Waals surface area (Å²) in [5.74, 6) is 0. The van der Waals surface area contributed by atoms with Crippen LogP contribution in [0.3, 0.4) is 0 Å². The molecular formula is C21H29N3O. The van der Waals surface area contributed by atoms with E-state index in [4.69, 9.17) is 0 Å². The molecule has 4 nitrogen and oxygen atoms in total. The number of aromatic nitrogens is 1. The summed E-state index contributed by atoms with van der Waals surface area (Å²) in [6.07, 6.45) is 1.46. The zero-order valence-corrected chi connectivity index (χ0v) is 15.6. The van der Waals surface area contributed by atoms with Crippen LogP contribution in [0.2, 0.25) is 0 Å². The van der Waals surface area contributed by atoms with Crippen molar-refractivity contribution in [3.8, 4) is 0 Å². The molecule has 25 heavy (non-hydrogen) atoms. The maximum atomic E-state index is 10.6. The number of hydrogen-bond donors (Lipinski definition) is 1. The van der Waals surface area contributed by atoms with Gasteiger partial charge in [0.25, 0.3) is 0 Å². The summed E-state index contributed by atoms with van der Waals surface area (Å²) in [6, 6.07) is 10.4. The highest BCUT2D eigenvalue weighted by Gasteiger charge is 2.21. The lowest BCUT2D eigenvalue weighted by Gasteiger charge is -2.35. The minimum atomic E-state index is -0.412. The molecule has 4 heteroatoms. The molecule has 134 valence electrons. The van der Waals surface area contributed by atoms with E-state index < -0.39 is 6.10 Å². The first-order valence-corrected chi connectivity index (χ1v) is 9.13. The van der Waals surface area contributed by atoms with E-state index >= 15 is 0 Å². The molecule has 2 heterocycles. The summed E-state index contributed by atoms with van der Waals surface area (Å²) >= 11 is 0. The van der Waals surface area contributed by atoms with Gasteiger partial charge in [-0.1, -0.05) is 29.8 Å². The van der Waals surface area contributed by atoms with Crippen molar-refractivity contribution in [2.24, 2.45) is 0 Å². The van der Waals surface area contributed by atoms with Crippen molar-refractivity contribution >= 4 is 0 Å². The molecule has 0 bridgehead atoms. The van der Waals surface area contributed by atoms with Crippen molar-refractivity contribution in [1.82, 2.24) is 14.8 Å². The second-order valence-electron chi connectivity index (χ2n) is 7.22. The highest BCUT2D eigenvalue weighted by molar-refractivity contribution is 5.32. The third kappa shape index (κ3) is 4.66. The lowest BCUT2D eigenvalue weighted by atomic mass is 10.0. The first kappa shape index (κ1) is 18.1. The number of aliphatic hydroxyl groups excluding tert-OH is 1. The predicted molar refractivity (Wildman–Crippen MR) is 102 cm³/mol. The number of hydrogen-bond acceptors (Lipinski definition) is 4. The molecule has 1 aliphatic heterocycles. The van der Waals surface area contributed by atoms with Crippen molar-refractivity contribution in [2.75, 3.05) is 32.7 Å². The van der Waals surface area contributed by atoms with Gasteiger partial charge in [-0.2, -0.15) is 0 Å². The monoisotopic (exact) mass is 339 g/mol. The van der Waals surface area contributed by atoms with Crippen LogP contribution in [0, 0.1) is 20.8 Å². The molecule has 0 radical (unpaired) electrons. The van der Waals surface area contributed by atoms with Gasteiger partial charge in [-0.15, -0.1) is 0 Å². The van der Waals surface area contributed by atoms with Crippen LogP contribution in [0.15, 0.2) is 36.5 Å². The normalized spacial score (nSPS) is 17.6. The maximum absolute atomic E-state index is 10.6. The Kier molecular flexibility index (Phi) is 5.84. The zero-order chi connectivity index (χ0) is 17.8. The molecular weight excluding hydrogens is 310 g/mol. The summed E-state index contributed by atoms with van der Waals surface area (Å²) in [5.41, 5.74) is 5.90. The Bertz CT molecular complexity index is 708. The Morgan fingerprint density at radius 2 is 1.72 bits per heavy atom. The van der Waals surface area contributed by atoms with Crippen molar-refractivity contribution in [3.63, 3.8) is 0 Å². The number of piperazine rings is 1. The summed E-state index contributed by atoms with van der Waals surface area (Å²) in [7, 11) is 0. The summed E-state index contributed by atoms with van der Waals surface area (Å²) in [6.45, 7) is 12.0. The zero-order valence-electron chi connectivity index (χ0n) is 15.6. The second-order valence-corrected chi connectivity index (χ2v) is 7.22. The smallest absolute Gasteiger partial charge is 0.0919 e. The molecule has 2 aromatic rings. The fourth-order valence-corrected chi connectivity index (χ4v) is 3.57. The van der Waals surface area contributed by atoms with Crippen molar-refractivity contribution < 1.29 is 5.11 Å².